The Morgan fingerprint density at radius 2 is 1.94 bits per heavy atom. The Hall–Kier alpha value is -1.88. The molecule has 1 aromatic carbocycles. The minimum Gasteiger partial charge on any atom is -0.479 e. The fourth-order valence-corrected chi connectivity index (χ4v) is 1.76. The van der Waals surface area contributed by atoms with Gasteiger partial charge in [-0.05, 0) is 40.2 Å². The second-order valence-corrected chi connectivity index (χ2v) is 4.60. The number of nitrogens with one attached hydrogen (secondary N) is 1. The maximum atomic E-state index is 11.3. The van der Waals surface area contributed by atoms with Crippen LogP contribution >= 0.6 is 15.9 Å². The predicted molar refractivity (Wildman–Crippen MR) is 72.4 cm³/mol. The highest BCUT2D eigenvalue weighted by atomic mass is 79.9. The molecule has 2 rings (SSSR count). The van der Waals surface area contributed by atoms with Gasteiger partial charge in [-0.3, -0.25) is 4.98 Å². The third-order valence-electron chi connectivity index (χ3n) is 2.38. The quantitative estimate of drug-likeness (QED) is 0.911. The van der Waals surface area contributed by atoms with Crippen LogP contribution in [0.4, 0.5) is 5.69 Å². The average Bonchev–Trinajstić information content (AvgIpc) is 2.38. The van der Waals surface area contributed by atoms with E-state index in [9.17, 15) is 9.90 Å². The molecule has 2 N–H and O–H groups in total. The van der Waals surface area contributed by atoms with Gasteiger partial charge in [-0.2, -0.15) is 0 Å². The van der Waals surface area contributed by atoms with Crippen LogP contribution in [0, 0.1) is 0 Å². The van der Waals surface area contributed by atoms with Crippen LogP contribution in [0.15, 0.2) is 53.1 Å². The Balaban J connectivity index is 2.24. The summed E-state index contributed by atoms with van der Waals surface area (Å²) in [6.07, 6.45) is 1.58. The van der Waals surface area contributed by atoms with Crippen LogP contribution in [0.2, 0.25) is 0 Å². The van der Waals surface area contributed by atoms with E-state index in [2.05, 4.69) is 26.2 Å². The first-order valence-electron chi connectivity index (χ1n) is 5.32. The third kappa shape index (κ3) is 3.07. The van der Waals surface area contributed by atoms with Gasteiger partial charge in [0, 0.05) is 16.4 Å². The fourth-order valence-electron chi connectivity index (χ4n) is 1.52. The first-order chi connectivity index (χ1) is 8.66. The molecule has 2 aromatic rings. The van der Waals surface area contributed by atoms with Crippen molar-refractivity contribution < 1.29 is 9.90 Å². The summed E-state index contributed by atoms with van der Waals surface area (Å²) in [5.74, 6) is -0.964. The number of hydrogen-bond donors (Lipinski definition) is 2. The minimum atomic E-state index is -0.964. The van der Waals surface area contributed by atoms with E-state index >= 15 is 0 Å². The van der Waals surface area contributed by atoms with Crippen molar-refractivity contribution in [3.63, 3.8) is 0 Å². The number of aliphatic carboxylic acids is 1. The summed E-state index contributed by atoms with van der Waals surface area (Å²) in [7, 11) is 0. The summed E-state index contributed by atoms with van der Waals surface area (Å²) in [4.78, 5) is 15.4. The molecular formula is C13H11BrN2O2. The number of aromatic nitrogens is 1. The molecule has 4 nitrogen and oxygen atoms in total. The van der Waals surface area contributed by atoms with Crippen LogP contribution in [-0.2, 0) is 4.79 Å². The van der Waals surface area contributed by atoms with Gasteiger partial charge in [0.25, 0.3) is 0 Å². The summed E-state index contributed by atoms with van der Waals surface area (Å²) in [5, 5.41) is 12.2. The highest BCUT2D eigenvalue weighted by molar-refractivity contribution is 9.10. The number of carbonyl (C=O) groups is 1. The molecule has 1 heterocycles. The first-order valence-corrected chi connectivity index (χ1v) is 6.12. The number of halogens is 1. The van der Waals surface area contributed by atoms with Crippen LogP contribution in [-0.4, -0.2) is 16.1 Å². The molecule has 0 fully saturated rings. The van der Waals surface area contributed by atoms with Crippen LogP contribution < -0.4 is 5.32 Å². The number of anilines is 1. The molecule has 0 aliphatic carbocycles. The maximum Gasteiger partial charge on any atom is 0.332 e. The Morgan fingerprint density at radius 3 is 2.50 bits per heavy atom. The molecular weight excluding hydrogens is 296 g/mol. The first kappa shape index (κ1) is 12.6. The van der Waals surface area contributed by atoms with Gasteiger partial charge < -0.3 is 10.4 Å². The number of para-hydroxylation sites is 1. The van der Waals surface area contributed by atoms with E-state index in [4.69, 9.17) is 0 Å². The van der Waals surface area contributed by atoms with Gasteiger partial charge in [-0.25, -0.2) is 4.79 Å². The number of pyridine rings is 1. The summed E-state index contributed by atoms with van der Waals surface area (Å²) < 4.78 is 0.815. The van der Waals surface area contributed by atoms with Crippen molar-refractivity contribution in [2.24, 2.45) is 0 Å². The molecule has 0 aliphatic rings. The van der Waals surface area contributed by atoms with E-state index in [0.717, 1.165) is 10.2 Å². The van der Waals surface area contributed by atoms with Gasteiger partial charge in [-0.1, -0.05) is 18.2 Å². The highest BCUT2D eigenvalue weighted by Gasteiger charge is 2.20. The molecule has 1 atom stereocenters. The largest absolute Gasteiger partial charge is 0.479 e. The number of hydrogen-bond acceptors (Lipinski definition) is 3. The molecule has 0 radical (unpaired) electrons. The smallest absolute Gasteiger partial charge is 0.332 e. The molecule has 0 saturated carbocycles. The number of rotatable bonds is 4. The number of nitrogens with zero attached hydrogens (tertiary/aromatic N) is 1. The lowest BCUT2D eigenvalue weighted by Gasteiger charge is -2.15. The van der Waals surface area contributed by atoms with Gasteiger partial charge in [0.2, 0.25) is 0 Å². The van der Waals surface area contributed by atoms with Crippen molar-refractivity contribution in [1.29, 1.82) is 0 Å². The summed E-state index contributed by atoms with van der Waals surface area (Å²) in [5.41, 5.74) is 1.21. The van der Waals surface area contributed by atoms with Gasteiger partial charge in [0.1, 0.15) is 0 Å². The average molecular weight is 307 g/mol. The van der Waals surface area contributed by atoms with Crippen molar-refractivity contribution in [2.45, 2.75) is 6.04 Å². The van der Waals surface area contributed by atoms with Crippen molar-refractivity contribution >= 4 is 27.6 Å². The minimum absolute atomic E-state index is 0.467. The predicted octanol–water partition coefficient (Wildman–Crippen LogP) is 3.08. The van der Waals surface area contributed by atoms with E-state index in [1.807, 2.05) is 30.3 Å². The second kappa shape index (κ2) is 5.64. The monoisotopic (exact) mass is 306 g/mol. The Labute approximate surface area is 113 Å². The molecule has 92 valence electrons. The van der Waals surface area contributed by atoms with Crippen LogP contribution in [0.25, 0.3) is 0 Å². The SMILES string of the molecule is O=C(O)C(Nc1ccccc1)c1ccc(Br)cn1. The molecule has 0 bridgehead atoms. The Bertz CT molecular complexity index is 528. The zero-order valence-corrected chi connectivity index (χ0v) is 11.0. The summed E-state index contributed by atoms with van der Waals surface area (Å²) in [6.45, 7) is 0. The van der Waals surface area contributed by atoms with E-state index in [1.165, 1.54) is 0 Å². The molecule has 5 heteroatoms. The van der Waals surface area contributed by atoms with Crippen molar-refractivity contribution in [1.82, 2.24) is 4.98 Å². The van der Waals surface area contributed by atoms with Crippen molar-refractivity contribution in [2.75, 3.05) is 5.32 Å². The number of carboxylic acids is 1. The standard InChI is InChI=1S/C13H11BrN2O2/c14-9-6-7-11(15-8-9)12(13(17)18)16-10-4-2-1-3-5-10/h1-8,12,16H,(H,17,18). The summed E-state index contributed by atoms with van der Waals surface area (Å²) in [6, 6.07) is 11.8. The molecule has 0 saturated heterocycles. The molecule has 1 aromatic heterocycles. The molecule has 18 heavy (non-hydrogen) atoms. The lowest BCUT2D eigenvalue weighted by Crippen LogP contribution is -2.21. The lowest BCUT2D eigenvalue weighted by molar-refractivity contribution is -0.138. The van der Waals surface area contributed by atoms with Gasteiger partial charge in [-0.15, -0.1) is 0 Å². The molecule has 0 spiro atoms. The van der Waals surface area contributed by atoms with Gasteiger partial charge in [0.05, 0.1) is 5.69 Å². The second-order valence-electron chi connectivity index (χ2n) is 3.68. The number of benzene rings is 1. The van der Waals surface area contributed by atoms with Crippen molar-refractivity contribution in [3.8, 4) is 0 Å². The molecule has 1 unspecified atom stereocenters. The van der Waals surface area contributed by atoms with E-state index in [-0.39, 0.29) is 0 Å². The normalized spacial score (nSPS) is 11.8. The molecule has 0 aliphatic heterocycles. The Morgan fingerprint density at radius 1 is 1.22 bits per heavy atom. The third-order valence-corrected chi connectivity index (χ3v) is 2.85. The van der Waals surface area contributed by atoms with Crippen LogP contribution in [0.5, 0.6) is 0 Å². The topological polar surface area (TPSA) is 62.2 Å². The lowest BCUT2D eigenvalue weighted by atomic mass is 10.1. The van der Waals surface area contributed by atoms with Crippen LogP contribution in [0.1, 0.15) is 11.7 Å². The van der Waals surface area contributed by atoms with Crippen molar-refractivity contribution in [3.05, 3.63) is 58.8 Å². The van der Waals surface area contributed by atoms with E-state index < -0.39 is 12.0 Å². The number of carboxylic acid groups (broad SMARTS) is 1. The van der Waals surface area contributed by atoms with E-state index in [1.54, 1.807) is 18.3 Å². The Kier molecular flexibility index (Phi) is 3.94. The molecule has 0 amide bonds. The van der Waals surface area contributed by atoms with E-state index in [0.29, 0.717) is 5.69 Å². The fraction of sp³-hybridized carbons (Fsp3) is 0.0769. The van der Waals surface area contributed by atoms with Crippen LogP contribution in [0.3, 0.4) is 0 Å². The van der Waals surface area contributed by atoms with Gasteiger partial charge in [0.15, 0.2) is 6.04 Å². The zero-order chi connectivity index (χ0) is 13.0. The highest BCUT2D eigenvalue weighted by Crippen LogP contribution is 2.19. The maximum absolute atomic E-state index is 11.3. The zero-order valence-electron chi connectivity index (χ0n) is 9.38. The van der Waals surface area contributed by atoms with Gasteiger partial charge >= 0.3 is 5.97 Å². The summed E-state index contributed by atoms with van der Waals surface area (Å²) >= 11 is 3.27.